The van der Waals surface area contributed by atoms with E-state index < -0.39 is 74.3 Å². The SMILES string of the molecule is CSCC[C@H](NC[C@H]1O[C@@H](n2cnc3c(N)ncnc32)[C@H](OC(=O)CCc2c[nH]c3ccccc23)[C@@H]1OS(=O)(=O)CCCCS(=O)(=O)O)C(=O)O. The van der Waals surface area contributed by atoms with Gasteiger partial charge in [0, 0.05) is 30.1 Å². The number of nitrogens with one attached hydrogen (secondary N) is 2. The minimum Gasteiger partial charge on any atom is -0.480 e. The minimum absolute atomic E-state index is 0.0561. The third-order valence-electron chi connectivity index (χ3n) is 8.27. The van der Waals surface area contributed by atoms with Gasteiger partial charge < -0.3 is 30.6 Å². The van der Waals surface area contributed by atoms with E-state index in [1.807, 2.05) is 30.5 Å². The number of carbonyl (C=O) groups is 2. The lowest BCUT2D eigenvalue weighted by molar-refractivity contribution is -0.157. The van der Waals surface area contributed by atoms with E-state index >= 15 is 0 Å². The molecule has 4 heterocycles. The second-order valence-corrected chi connectivity index (χ2v) is 16.1. The zero-order chi connectivity index (χ0) is 36.8. The fourth-order valence-corrected chi connectivity index (χ4v) is 8.03. The van der Waals surface area contributed by atoms with E-state index in [2.05, 4.69) is 25.3 Å². The Morgan fingerprint density at radius 2 is 1.90 bits per heavy atom. The van der Waals surface area contributed by atoms with Crippen LogP contribution in [0.5, 0.6) is 0 Å². The standard InChI is InChI=1S/C30H39N7O11S3/c1-49-11-10-21(30(39)40)33-15-22-25(48-51(44,45)13-5-4-12-50(41,42)43)26(29(46-22)37-17-36-24-27(31)34-16-35-28(24)37)47-23(38)9-8-18-14-32-20-7-3-2-6-19(18)20/h2-3,6-7,14,16-17,21-22,25-26,29,32-33H,4-5,8-13,15H2,1H3,(H,39,40)(H2,31,34,35)(H,41,42,43)/t21-,22+,25+,26+,29+/m0/s1. The number of unbranched alkanes of at least 4 members (excludes halogenated alkanes) is 1. The summed E-state index contributed by atoms with van der Waals surface area (Å²) >= 11 is 1.45. The Morgan fingerprint density at radius 3 is 2.65 bits per heavy atom. The van der Waals surface area contributed by atoms with E-state index in [1.54, 1.807) is 6.20 Å². The number of imidazole rings is 1. The average molecular weight is 770 g/mol. The number of nitrogens with zero attached hydrogens (tertiary/aromatic N) is 4. The number of carbonyl (C=O) groups excluding carboxylic acids is 1. The molecule has 21 heteroatoms. The number of nitrogen functional groups attached to an aromatic ring is 1. The van der Waals surface area contributed by atoms with Crippen LogP contribution < -0.4 is 11.1 Å². The molecule has 0 bridgehead atoms. The molecule has 278 valence electrons. The smallest absolute Gasteiger partial charge is 0.320 e. The predicted molar refractivity (Wildman–Crippen MR) is 187 cm³/mol. The van der Waals surface area contributed by atoms with E-state index in [0.717, 1.165) is 16.5 Å². The van der Waals surface area contributed by atoms with E-state index in [9.17, 15) is 31.5 Å². The number of thioether (sulfide) groups is 1. The van der Waals surface area contributed by atoms with Crippen molar-refractivity contribution in [2.75, 3.05) is 35.8 Å². The Hall–Kier alpha value is -3.86. The van der Waals surface area contributed by atoms with Crippen LogP contribution in [0.3, 0.4) is 0 Å². The van der Waals surface area contributed by atoms with Gasteiger partial charge in [0.25, 0.3) is 20.2 Å². The van der Waals surface area contributed by atoms with Crippen LogP contribution in [0.25, 0.3) is 22.1 Å². The van der Waals surface area contributed by atoms with Crippen molar-refractivity contribution in [1.82, 2.24) is 29.8 Å². The lowest BCUT2D eigenvalue weighted by atomic mass is 10.1. The molecule has 1 aliphatic heterocycles. The fraction of sp³-hybridized carbons (Fsp3) is 0.500. The lowest BCUT2D eigenvalue weighted by Gasteiger charge is -2.25. The first-order valence-electron chi connectivity index (χ1n) is 15.9. The van der Waals surface area contributed by atoms with Gasteiger partial charge in [0.1, 0.15) is 30.1 Å². The van der Waals surface area contributed by atoms with Crippen LogP contribution in [0.15, 0.2) is 43.1 Å². The Balaban J connectivity index is 1.45. The summed E-state index contributed by atoms with van der Waals surface area (Å²) in [5.74, 6) is -2.53. The number of anilines is 1. The second kappa shape index (κ2) is 16.7. The van der Waals surface area contributed by atoms with Gasteiger partial charge >= 0.3 is 11.9 Å². The molecule has 0 unspecified atom stereocenters. The molecular weight excluding hydrogens is 731 g/mol. The number of hydrogen-bond acceptors (Lipinski definition) is 15. The first kappa shape index (κ1) is 38.4. The molecule has 1 fully saturated rings. The highest BCUT2D eigenvalue weighted by molar-refractivity contribution is 7.98. The van der Waals surface area contributed by atoms with E-state index in [0.29, 0.717) is 5.75 Å². The zero-order valence-electron chi connectivity index (χ0n) is 27.5. The summed E-state index contributed by atoms with van der Waals surface area (Å²) in [4.78, 5) is 41.1. The summed E-state index contributed by atoms with van der Waals surface area (Å²) in [6, 6.07) is 6.55. The number of nitrogens with two attached hydrogens (primary N) is 1. The highest BCUT2D eigenvalue weighted by Crippen LogP contribution is 2.37. The largest absolute Gasteiger partial charge is 0.480 e. The number of esters is 1. The third-order valence-corrected chi connectivity index (χ3v) is 11.0. The molecule has 0 radical (unpaired) electrons. The number of aromatic nitrogens is 5. The number of fused-ring (bicyclic) bond motifs is 2. The van der Waals surface area contributed by atoms with Gasteiger partial charge in [-0.25, -0.2) is 15.0 Å². The monoisotopic (exact) mass is 769 g/mol. The number of aromatic amines is 1. The third kappa shape index (κ3) is 9.93. The Kier molecular flexibility index (Phi) is 12.5. The topological polar surface area (TPSA) is 268 Å². The minimum atomic E-state index is -4.44. The molecular formula is C30H39N7O11S3. The summed E-state index contributed by atoms with van der Waals surface area (Å²) in [6.07, 6.45) is 0.855. The van der Waals surface area contributed by atoms with Gasteiger partial charge in [-0.1, -0.05) is 18.2 Å². The summed E-state index contributed by atoms with van der Waals surface area (Å²) in [7, 11) is -8.75. The van der Waals surface area contributed by atoms with Crippen molar-refractivity contribution in [2.24, 2.45) is 0 Å². The van der Waals surface area contributed by atoms with Gasteiger partial charge in [-0.15, -0.1) is 0 Å². The van der Waals surface area contributed by atoms with Gasteiger partial charge in [0.05, 0.1) is 17.8 Å². The van der Waals surface area contributed by atoms with Gasteiger partial charge in [-0.2, -0.15) is 28.6 Å². The molecule has 0 aliphatic carbocycles. The van der Waals surface area contributed by atoms with Crippen LogP contribution in [-0.4, -0.2) is 117 Å². The number of carboxylic acid groups (broad SMARTS) is 1. The summed E-state index contributed by atoms with van der Waals surface area (Å²) in [5, 5.41) is 13.6. The number of rotatable bonds is 19. The molecule has 18 nitrogen and oxygen atoms in total. The molecule has 51 heavy (non-hydrogen) atoms. The highest BCUT2D eigenvalue weighted by atomic mass is 32.2. The Morgan fingerprint density at radius 1 is 1.14 bits per heavy atom. The number of benzene rings is 1. The molecule has 4 aromatic rings. The molecule has 1 saturated heterocycles. The second-order valence-electron chi connectivity index (χ2n) is 11.9. The molecule has 5 rings (SSSR count). The molecule has 6 N–H and O–H groups in total. The van der Waals surface area contributed by atoms with Crippen LogP contribution in [-0.2, 0) is 49.9 Å². The quantitative estimate of drug-likeness (QED) is 0.0391. The van der Waals surface area contributed by atoms with E-state index in [-0.39, 0.29) is 55.6 Å². The number of carboxylic acids is 1. The van der Waals surface area contributed by atoms with Gasteiger partial charge in [-0.3, -0.25) is 22.9 Å². The number of hydrogen-bond donors (Lipinski definition) is 5. The molecule has 1 aliphatic rings. The lowest BCUT2D eigenvalue weighted by Crippen LogP contribution is -2.47. The molecule has 0 amide bonds. The maximum atomic E-state index is 13.5. The number of ether oxygens (including phenoxy) is 2. The Labute approximate surface area is 297 Å². The van der Waals surface area contributed by atoms with Crippen LogP contribution in [0.4, 0.5) is 5.82 Å². The van der Waals surface area contributed by atoms with Crippen molar-refractivity contribution in [3.05, 3.63) is 48.7 Å². The molecule has 3 aromatic heterocycles. The maximum Gasteiger partial charge on any atom is 0.320 e. The van der Waals surface area contributed by atoms with Crippen molar-refractivity contribution in [3.63, 3.8) is 0 Å². The first-order chi connectivity index (χ1) is 24.3. The normalized spacial score (nSPS) is 20.2. The van der Waals surface area contributed by atoms with Crippen molar-refractivity contribution in [1.29, 1.82) is 0 Å². The van der Waals surface area contributed by atoms with E-state index in [1.165, 1.54) is 29.0 Å². The first-order valence-corrected chi connectivity index (χ1v) is 20.5. The summed E-state index contributed by atoms with van der Waals surface area (Å²) in [5.41, 5.74) is 8.15. The molecule has 1 aromatic carbocycles. The number of para-hydroxylation sites is 1. The van der Waals surface area contributed by atoms with Crippen molar-refractivity contribution in [3.8, 4) is 0 Å². The maximum absolute atomic E-state index is 13.5. The fourth-order valence-electron chi connectivity index (χ4n) is 5.77. The van der Waals surface area contributed by atoms with Crippen LogP contribution in [0.2, 0.25) is 0 Å². The van der Waals surface area contributed by atoms with Crippen LogP contribution in [0.1, 0.15) is 37.5 Å². The number of aryl methyl sites for hydroxylation is 1. The van der Waals surface area contributed by atoms with E-state index in [4.69, 9.17) is 23.9 Å². The van der Waals surface area contributed by atoms with Crippen LogP contribution in [0, 0.1) is 0 Å². The highest BCUT2D eigenvalue weighted by Gasteiger charge is 2.51. The average Bonchev–Trinajstić information content (AvgIpc) is 3.78. The predicted octanol–water partition coefficient (Wildman–Crippen LogP) is 1.51. The zero-order valence-corrected chi connectivity index (χ0v) is 29.9. The van der Waals surface area contributed by atoms with Gasteiger partial charge in [0.2, 0.25) is 0 Å². The molecule has 5 atom stereocenters. The number of H-pyrrole nitrogens is 1. The van der Waals surface area contributed by atoms with Gasteiger partial charge in [0.15, 0.2) is 23.8 Å². The summed E-state index contributed by atoms with van der Waals surface area (Å²) in [6.45, 7) is -0.224. The van der Waals surface area contributed by atoms with Crippen molar-refractivity contribution in [2.45, 2.75) is 62.7 Å². The Bertz CT molecular complexity index is 2060. The van der Waals surface area contributed by atoms with Crippen LogP contribution >= 0.6 is 11.8 Å². The summed E-state index contributed by atoms with van der Waals surface area (Å²) < 4.78 is 77.4. The van der Waals surface area contributed by atoms with Crippen molar-refractivity contribution < 1.29 is 49.7 Å². The van der Waals surface area contributed by atoms with Gasteiger partial charge in [-0.05, 0) is 49.3 Å². The molecule has 0 spiro atoms. The number of aliphatic carboxylic acids is 1. The van der Waals surface area contributed by atoms with Crippen molar-refractivity contribution >= 4 is 71.8 Å². The molecule has 0 saturated carbocycles.